The second-order valence-electron chi connectivity index (χ2n) is 8.82. The second-order valence-corrected chi connectivity index (χ2v) is 8.82. The van der Waals surface area contributed by atoms with E-state index in [-0.39, 0.29) is 30.1 Å². The van der Waals surface area contributed by atoms with Gasteiger partial charge >= 0.3 is 0 Å². The summed E-state index contributed by atoms with van der Waals surface area (Å²) in [4.78, 5) is 11.3. The van der Waals surface area contributed by atoms with Crippen LogP contribution in [0.1, 0.15) is 55.0 Å². The van der Waals surface area contributed by atoms with Crippen molar-refractivity contribution in [2.75, 3.05) is 33.3 Å². The van der Waals surface area contributed by atoms with Crippen molar-refractivity contribution < 1.29 is 4.74 Å². The Morgan fingerprint density at radius 1 is 1.12 bits per heavy atom. The third-order valence-corrected chi connectivity index (χ3v) is 6.51. The Labute approximate surface area is 215 Å². The van der Waals surface area contributed by atoms with Crippen LogP contribution in [0.3, 0.4) is 0 Å². The fraction of sp³-hybridized carbons (Fsp3) is 0.538. The van der Waals surface area contributed by atoms with E-state index in [2.05, 4.69) is 61.9 Å². The smallest absolute Gasteiger partial charge is 0.191 e. The van der Waals surface area contributed by atoms with Crippen molar-refractivity contribution in [2.24, 2.45) is 4.99 Å². The number of halogens is 1. The number of rotatable bonds is 8. The SMILES string of the molecule is CN=C(NCCCOC1CCCc2ccccc21)NC1CCN(Cc2ccccn2)CC1.I. The minimum atomic E-state index is 0. The molecule has 1 unspecified atom stereocenters. The summed E-state index contributed by atoms with van der Waals surface area (Å²) < 4.78 is 6.22. The Morgan fingerprint density at radius 3 is 2.73 bits per heavy atom. The first-order chi connectivity index (χ1) is 15.8. The van der Waals surface area contributed by atoms with Gasteiger partial charge in [-0.15, -0.1) is 24.0 Å². The number of likely N-dealkylation sites (tertiary alicyclic amines) is 1. The lowest BCUT2D eigenvalue weighted by atomic mass is 9.89. The second kappa shape index (κ2) is 13.9. The fourth-order valence-corrected chi connectivity index (χ4v) is 4.73. The van der Waals surface area contributed by atoms with E-state index in [4.69, 9.17) is 4.74 Å². The number of nitrogens with one attached hydrogen (secondary N) is 2. The summed E-state index contributed by atoms with van der Waals surface area (Å²) in [5.41, 5.74) is 3.99. The summed E-state index contributed by atoms with van der Waals surface area (Å²) in [6.45, 7) is 4.75. The Morgan fingerprint density at radius 2 is 1.94 bits per heavy atom. The molecule has 0 amide bonds. The highest BCUT2D eigenvalue weighted by molar-refractivity contribution is 14.0. The zero-order valence-electron chi connectivity index (χ0n) is 19.7. The standard InChI is InChI=1S/C26H37N5O.HI/c1-27-26(30-22-13-17-31(18-14-22)20-23-10-4-5-15-28-23)29-16-7-19-32-25-12-6-9-21-8-2-3-11-24(21)25;/h2-5,8,10-11,15,22,25H,6-7,9,12-14,16-20H2,1H3,(H2,27,29,30);1H. The number of nitrogens with zero attached hydrogens (tertiary/aromatic N) is 3. The number of benzene rings is 1. The van der Waals surface area contributed by atoms with Crippen LogP contribution in [0.15, 0.2) is 53.7 Å². The molecular formula is C26H38IN5O. The van der Waals surface area contributed by atoms with E-state index in [0.29, 0.717) is 6.04 Å². The number of aryl methyl sites for hydroxylation is 1. The van der Waals surface area contributed by atoms with Crippen LogP contribution < -0.4 is 10.6 Å². The summed E-state index contributed by atoms with van der Waals surface area (Å²) in [7, 11) is 1.85. The highest BCUT2D eigenvalue weighted by Crippen LogP contribution is 2.32. The van der Waals surface area contributed by atoms with Crippen molar-refractivity contribution >= 4 is 29.9 Å². The van der Waals surface area contributed by atoms with Crippen LogP contribution in [0.5, 0.6) is 0 Å². The molecule has 2 aromatic rings. The first-order valence-corrected chi connectivity index (χ1v) is 12.1. The average Bonchev–Trinajstić information content (AvgIpc) is 2.85. The number of guanidine groups is 1. The van der Waals surface area contributed by atoms with E-state index in [1.165, 1.54) is 24.0 Å². The zero-order chi connectivity index (χ0) is 22.0. The molecule has 0 saturated carbocycles. The normalized spacial score (nSPS) is 19.4. The summed E-state index contributed by atoms with van der Waals surface area (Å²) in [6.07, 6.45) is 8.88. The fourth-order valence-electron chi connectivity index (χ4n) is 4.73. The topological polar surface area (TPSA) is 61.8 Å². The zero-order valence-corrected chi connectivity index (χ0v) is 22.0. The molecule has 2 aliphatic rings. The van der Waals surface area contributed by atoms with E-state index in [1.807, 2.05) is 19.3 Å². The number of ether oxygens (including phenoxy) is 1. The monoisotopic (exact) mass is 563 g/mol. The number of pyridine rings is 1. The highest BCUT2D eigenvalue weighted by atomic mass is 127. The molecule has 0 spiro atoms. The molecule has 1 fully saturated rings. The highest BCUT2D eigenvalue weighted by Gasteiger charge is 2.21. The summed E-state index contributed by atoms with van der Waals surface area (Å²) in [5, 5.41) is 7.06. The quantitative estimate of drug-likeness (QED) is 0.217. The largest absolute Gasteiger partial charge is 0.373 e. The molecular weight excluding hydrogens is 525 g/mol. The number of fused-ring (bicyclic) bond motifs is 1. The van der Waals surface area contributed by atoms with Gasteiger partial charge in [0.1, 0.15) is 0 Å². The minimum absolute atomic E-state index is 0. The molecule has 1 aliphatic heterocycles. The molecule has 1 aromatic heterocycles. The van der Waals surface area contributed by atoms with Crippen molar-refractivity contribution in [3.8, 4) is 0 Å². The molecule has 0 radical (unpaired) electrons. The first-order valence-electron chi connectivity index (χ1n) is 12.1. The maximum absolute atomic E-state index is 6.22. The number of hydrogen-bond acceptors (Lipinski definition) is 4. The van der Waals surface area contributed by atoms with Crippen molar-refractivity contribution in [3.63, 3.8) is 0 Å². The molecule has 1 atom stereocenters. The molecule has 1 aromatic carbocycles. The van der Waals surface area contributed by atoms with Gasteiger partial charge in [0.15, 0.2) is 5.96 Å². The third kappa shape index (κ3) is 7.93. The average molecular weight is 564 g/mol. The molecule has 1 aliphatic carbocycles. The van der Waals surface area contributed by atoms with Crippen LogP contribution in [0, 0.1) is 0 Å². The molecule has 4 rings (SSSR count). The minimum Gasteiger partial charge on any atom is -0.373 e. The number of piperidine rings is 1. The van der Waals surface area contributed by atoms with Crippen molar-refractivity contribution in [2.45, 2.75) is 57.2 Å². The van der Waals surface area contributed by atoms with Crippen LogP contribution in [0.2, 0.25) is 0 Å². The van der Waals surface area contributed by atoms with Gasteiger partial charge in [-0.1, -0.05) is 30.3 Å². The van der Waals surface area contributed by atoms with Crippen LogP contribution in [0.25, 0.3) is 0 Å². The van der Waals surface area contributed by atoms with E-state index in [1.54, 1.807) is 0 Å². The van der Waals surface area contributed by atoms with Crippen LogP contribution >= 0.6 is 24.0 Å². The van der Waals surface area contributed by atoms with Gasteiger partial charge in [0, 0.05) is 52.1 Å². The molecule has 2 N–H and O–H groups in total. The summed E-state index contributed by atoms with van der Waals surface area (Å²) >= 11 is 0. The molecule has 6 nitrogen and oxygen atoms in total. The lowest BCUT2D eigenvalue weighted by molar-refractivity contribution is 0.0398. The van der Waals surface area contributed by atoms with Gasteiger partial charge in [-0.3, -0.25) is 14.9 Å². The molecule has 33 heavy (non-hydrogen) atoms. The van der Waals surface area contributed by atoms with Crippen LogP contribution in [-0.4, -0.2) is 55.2 Å². The van der Waals surface area contributed by atoms with Gasteiger partial charge in [0.05, 0.1) is 11.8 Å². The van der Waals surface area contributed by atoms with Gasteiger partial charge < -0.3 is 15.4 Å². The maximum Gasteiger partial charge on any atom is 0.191 e. The van der Waals surface area contributed by atoms with Crippen LogP contribution in [-0.2, 0) is 17.7 Å². The maximum atomic E-state index is 6.22. The molecule has 7 heteroatoms. The van der Waals surface area contributed by atoms with E-state index < -0.39 is 0 Å². The van der Waals surface area contributed by atoms with E-state index in [0.717, 1.165) is 70.1 Å². The Bertz CT molecular complexity index is 855. The van der Waals surface area contributed by atoms with Gasteiger partial charge in [-0.2, -0.15) is 0 Å². The lowest BCUT2D eigenvalue weighted by Crippen LogP contribution is -2.48. The molecule has 1 saturated heterocycles. The predicted molar refractivity (Wildman–Crippen MR) is 145 cm³/mol. The molecule has 2 heterocycles. The molecule has 0 bridgehead atoms. The van der Waals surface area contributed by atoms with Gasteiger partial charge in [0.25, 0.3) is 0 Å². The number of hydrogen-bond donors (Lipinski definition) is 2. The van der Waals surface area contributed by atoms with Gasteiger partial charge in [0.2, 0.25) is 0 Å². The van der Waals surface area contributed by atoms with Crippen molar-refractivity contribution in [1.82, 2.24) is 20.5 Å². The lowest BCUT2D eigenvalue weighted by Gasteiger charge is -2.32. The number of aliphatic imine (C=N–C) groups is 1. The van der Waals surface area contributed by atoms with Crippen LogP contribution in [0.4, 0.5) is 0 Å². The van der Waals surface area contributed by atoms with Gasteiger partial charge in [-0.25, -0.2) is 0 Å². The summed E-state index contributed by atoms with van der Waals surface area (Å²) in [6, 6.07) is 15.3. The van der Waals surface area contributed by atoms with E-state index >= 15 is 0 Å². The predicted octanol–water partition coefficient (Wildman–Crippen LogP) is 4.31. The number of aromatic nitrogens is 1. The van der Waals surface area contributed by atoms with E-state index in [9.17, 15) is 0 Å². The van der Waals surface area contributed by atoms with Crippen molar-refractivity contribution in [1.29, 1.82) is 0 Å². The Kier molecular flexibility index (Phi) is 10.9. The Balaban J connectivity index is 0.00000306. The van der Waals surface area contributed by atoms with Crippen molar-refractivity contribution in [3.05, 3.63) is 65.5 Å². The summed E-state index contributed by atoms with van der Waals surface area (Å²) in [5.74, 6) is 0.899. The first kappa shape index (κ1) is 25.9. The molecule has 180 valence electrons. The Hall–Kier alpha value is -1.71. The van der Waals surface area contributed by atoms with Gasteiger partial charge in [-0.05, 0) is 61.8 Å². The third-order valence-electron chi connectivity index (χ3n) is 6.51.